The van der Waals surface area contributed by atoms with Gasteiger partial charge in [-0.3, -0.25) is 9.10 Å². The largest absolute Gasteiger partial charge is 0.305 e. The molecule has 0 bridgehead atoms. The highest BCUT2D eigenvalue weighted by Gasteiger charge is 2.31. The molecule has 0 saturated carbocycles. The number of para-hydroxylation sites is 1. The summed E-state index contributed by atoms with van der Waals surface area (Å²) in [6.07, 6.45) is 2.03. The van der Waals surface area contributed by atoms with Crippen molar-refractivity contribution in [3.63, 3.8) is 0 Å². The van der Waals surface area contributed by atoms with Gasteiger partial charge in [-0.05, 0) is 61.7 Å². The molecule has 3 aromatic carbocycles. The second-order valence-electron chi connectivity index (χ2n) is 8.16. The van der Waals surface area contributed by atoms with Crippen molar-refractivity contribution in [3.05, 3.63) is 95.1 Å². The van der Waals surface area contributed by atoms with Gasteiger partial charge in [-0.1, -0.05) is 48.0 Å². The van der Waals surface area contributed by atoms with E-state index in [0.717, 1.165) is 23.2 Å². The summed E-state index contributed by atoms with van der Waals surface area (Å²) in [5.74, 6) is -0.0755. The van der Waals surface area contributed by atoms with Crippen LogP contribution in [0.5, 0.6) is 0 Å². The molecule has 0 aromatic heterocycles. The van der Waals surface area contributed by atoms with Crippen molar-refractivity contribution in [2.45, 2.75) is 32.9 Å². The zero-order valence-electron chi connectivity index (χ0n) is 17.9. The van der Waals surface area contributed by atoms with Crippen LogP contribution in [0.1, 0.15) is 34.0 Å². The van der Waals surface area contributed by atoms with E-state index in [0.29, 0.717) is 11.3 Å². The van der Waals surface area contributed by atoms with Crippen molar-refractivity contribution in [1.82, 2.24) is 0 Å². The zero-order valence-corrected chi connectivity index (χ0v) is 18.8. The van der Waals surface area contributed by atoms with E-state index in [2.05, 4.69) is 6.07 Å². The van der Waals surface area contributed by atoms with E-state index >= 15 is 0 Å². The van der Waals surface area contributed by atoms with Crippen LogP contribution < -0.4 is 9.21 Å². The van der Waals surface area contributed by atoms with Gasteiger partial charge in [-0.25, -0.2) is 8.42 Å². The zero-order chi connectivity index (χ0) is 22.2. The molecule has 6 heteroatoms. The van der Waals surface area contributed by atoms with Gasteiger partial charge in [0.25, 0.3) is 5.91 Å². The van der Waals surface area contributed by atoms with Crippen LogP contribution in [-0.4, -0.2) is 26.6 Å². The monoisotopic (exact) mass is 434 g/mol. The molecule has 1 aliphatic rings. The third kappa shape index (κ3) is 4.35. The van der Waals surface area contributed by atoms with E-state index in [1.807, 2.05) is 61.2 Å². The summed E-state index contributed by atoms with van der Waals surface area (Å²) in [7, 11) is -3.49. The van der Waals surface area contributed by atoms with Crippen molar-refractivity contribution < 1.29 is 13.2 Å². The molecule has 1 heterocycles. The number of anilines is 2. The SMILES string of the molecule is Cc1ccc(CN(c2ccc(C(=O)N3c4ccccc4C[C@H]3C)cc2)S(C)(=O)=O)cc1. The van der Waals surface area contributed by atoms with Gasteiger partial charge in [-0.2, -0.15) is 0 Å². The summed E-state index contributed by atoms with van der Waals surface area (Å²) in [5, 5.41) is 0. The van der Waals surface area contributed by atoms with Crippen LogP contribution in [-0.2, 0) is 23.0 Å². The van der Waals surface area contributed by atoms with E-state index in [4.69, 9.17) is 0 Å². The van der Waals surface area contributed by atoms with Gasteiger partial charge in [0.2, 0.25) is 10.0 Å². The molecule has 0 spiro atoms. The number of amides is 1. The van der Waals surface area contributed by atoms with E-state index in [9.17, 15) is 13.2 Å². The first-order valence-corrected chi connectivity index (χ1v) is 12.1. The highest BCUT2D eigenvalue weighted by atomic mass is 32.2. The molecule has 0 radical (unpaired) electrons. The molecule has 0 aliphatic carbocycles. The summed E-state index contributed by atoms with van der Waals surface area (Å²) in [6.45, 7) is 4.27. The first-order valence-electron chi connectivity index (χ1n) is 10.3. The van der Waals surface area contributed by atoms with Crippen LogP contribution in [0.25, 0.3) is 0 Å². The molecule has 1 atom stereocenters. The molecule has 0 fully saturated rings. The number of rotatable bonds is 5. The van der Waals surface area contributed by atoms with E-state index < -0.39 is 10.0 Å². The third-order valence-electron chi connectivity index (χ3n) is 5.68. The van der Waals surface area contributed by atoms with Crippen molar-refractivity contribution in [2.75, 3.05) is 15.5 Å². The van der Waals surface area contributed by atoms with Crippen LogP contribution in [0, 0.1) is 6.92 Å². The maximum absolute atomic E-state index is 13.2. The fourth-order valence-corrected chi connectivity index (χ4v) is 4.93. The lowest BCUT2D eigenvalue weighted by Crippen LogP contribution is -2.35. The Kier molecular flexibility index (Phi) is 5.58. The van der Waals surface area contributed by atoms with Gasteiger partial charge in [0.15, 0.2) is 0 Å². The summed E-state index contributed by atoms with van der Waals surface area (Å²) in [6, 6.07) is 22.6. The normalized spacial score (nSPS) is 15.6. The van der Waals surface area contributed by atoms with Gasteiger partial charge in [-0.15, -0.1) is 0 Å². The molecule has 3 aromatic rings. The average Bonchev–Trinajstić information content (AvgIpc) is 3.08. The van der Waals surface area contributed by atoms with E-state index in [1.54, 1.807) is 24.3 Å². The Morgan fingerprint density at radius 2 is 1.65 bits per heavy atom. The summed E-state index contributed by atoms with van der Waals surface area (Å²) in [4.78, 5) is 15.0. The van der Waals surface area contributed by atoms with Crippen molar-refractivity contribution in [3.8, 4) is 0 Å². The van der Waals surface area contributed by atoms with Crippen molar-refractivity contribution in [1.29, 1.82) is 0 Å². The molecule has 0 N–H and O–H groups in total. The smallest absolute Gasteiger partial charge is 0.258 e. The minimum Gasteiger partial charge on any atom is -0.305 e. The molecular weight excluding hydrogens is 408 g/mol. The van der Waals surface area contributed by atoms with Gasteiger partial charge in [0.1, 0.15) is 0 Å². The predicted octanol–water partition coefficient (Wildman–Crippen LogP) is 4.55. The number of aryl methyl sites for hydroxylation is 1. The topological polar surface area (TPSA) is 57.7 Å². The van der Waals surface area contributed by atoms with Gasteiger partial charge in [0.05, 0.1) is 18.5 Å². The maximum Gasteiger partial charge on any atom is 0.258 e. The minimum atomic E-state index is -3.49. The fraction of sp³-hybridized carbons (Fsp3) is 0.240. The van der Waals surface area contributed by atoms with Gasteiger partial charge in [0, 0.05) is 17.3 Å². The van der Waals surface area contributed by atoms with Crippen LogP contribution in [0.2, 0.25) is 0 Å². The van der Waals surface area contributed by atoms with Crippen molar-refractivity contribution in [2.24, 2.45) is 0 Å². The second-order valence-corrected chi connectivity index (χ2v) is 10.1. The molecule has 5 nitrogen and oxygen atoms in total. The van der Waals surface area contributed by atoms with E-state index in [1.165, 1.54) is 16.1 Å². The minimum absolute atomic E-state index is 0.0755. The third-order valence-corrected chi connectivity index (χ3v) is 6.82. The lowest BCUT2D eigenvalue weighted by Gasteiger charge is -2.25. The maximum atomic E-state index is 13.2. The standard InChI is InChI=1S/C25H26N2O3S/c1-18-8-10-20(11-9-18)17-26(31(3,29)30)23-14-12-21(13-15-23)25(28)27-19(2)16-22-6-4-5-7-24(22)27/h4-15,19H,16-17H2,1-3H3/t19-/m1/s1. The number of fused-ring (bicyclic) bond motifs is 1. The lowest BCUT2D eigenvalue weighted by atomic mass is 10.1. The molecule has 0 saturated heterocycles. The van der Waals surface area contributed by atoms with Gasteiger partial charge < -0.3 is 4.90 Å². The van der Waals surface area contributed by atoms with Crippen LogP contribution in [0.4, 0.5) is 11.4 Å². The van der Waals surface area contributed by atoms with Crippen LogP contribution in [0.3, 0.4) is 0 Å². The first-order chi connectivity index (χ1) is 14.7. The first kappa shape index (κ1) is 21.1. The van der Waals surface area contributed by atoms with Crippen molar-refractivity contribution >= 4 is 27.3 Å². The molecule has 1 amide bonds. The highest BCUT2D eigenvalue weighted by Crippen LogP contribution is 2.33. The fourth-order valence-electron chi connectivity index (χ4n) is 4.04. The molecule has 0 unspecified atom stereocenters. The van der Waals surface area contributed by atoms with Gasteiger partial charge >= 0.3 is 0 Å². The number of benzene rings is 3. The van der Waals surface area contributed by atoms with Crippen LogP contribution in [0.15, 0.2) is 72.8 Å². The molecule has 4 rings (SSSR count). The average molecular weight is 435 g/mol. The Morgan fingerprint density at radius 1 is 1.00 bits per heavy atom. The number of sulfonamides is 1. The predicted molar refractivity (Wildman–Crippen MR) is 125 cm³/mol. The Balaban J connectivity index is 1.60. The number of nitrogens with zero attached hydrogens (tertiary/aromatic N) is 2. The quantitative estimate of drug-likeness (QED) is 0.592. The Morgan fingerprint density at radius 3 is 2.29 bits per heavy atom. The molecule has 160 valence electrons. The molecular formula is C25H26N2O3S. The number of hydrogen-bond donors (Lipinski definition) is 0. The Labute approximate surface area is 184 Å². The van der Waals surface area contributed by atoms with E-state index in [-0.39, 0.29) is 18.5 Å². The Bertz CT molecular complexity index is 1200. The number of carbonyl (C=O) groups excluding carboxylic acids is 1. The number of carbonyl (C=O) groups is 1. The summed E-state index contributed by atoms with van der Waals surface area (Å²) >= 11 is 0. The summed E-state index contributed by atoms with van der Waals surface area (Å²) < 4.78 is 26.3. The molecule has 1 aliphatic heterocycles. The number of hydrogen-bond acceptors (Lipinski definition) is 3. The second kappa shape index (κ2) is 8.19. The molecule has 31 heavy (non-hydrogen) atoms. The highest BCUT2D eigenvalue weighted by molar-refractivity contribution is 7.92. The lowest BCUT2D eigenvalue weighted by molar-refractivity contribution is 0.0981. The summed E-state index contributed by atoms with van der Waals surface area (Å²) in [5.41, 5.74) is 5.21. The Hall–Kier alpha value is -3.12. The van der Waals surface area contributed by atoms with Crippen LogP contribution >= 0.6 is 0 Å².